The zero-order chi connectivity index (χ0) is 18.7. The second kappa shape index (κ2) is 8.76. The van der Waals surface area contributed by atoms with Gasteiger partial charge in [0.1, 0.15) is 11.5 Å². The molecule has 7 heteroatoms. The molecule has 2 aliphatic rings. The van der Waals surface area contributed by atoms with Gasteiger partial charge in [0.2, 0.25) is 0 Å². The lowest BCUT2D eigenvalue weighted by atomic mass is 9.83. The van der Waals surface area contributed by atoms with Crippen molar-refractivity contribution in [1.82, 2.24) is 0 Å². The molecule has 0 bridgehead atoms. The fourth-order valence-electron chi connectivity index (χ4n) is 3.33. The third-order valence-electron chi connectivity index (χ3n) is 5.19. The third kappa shape index (κ3) is 4.73. The van der Waals surface area contributed by atoms with E-state index in [-0.39, 0.29) is 29.5 Å². The molecular formula is C19H29O5PS. The zero-order valence-corrected chi connectivity index (χ0v) is 17.6. The van der Waals surface area contributed by atoms with Gasteiger partial charge in [-0.3, -0.25) is 13.6 Å². The number of hydrogen-bond donors (Lipinski definition) is 0. The minimum Gasteiger partial charge on any atom is -0.361 e. The second-order valence-corrected chi connectivity index (χ2v) is 10.1. The maximum atomic E-state index is 12.9. The van der Waals surface area contributed by atoms with Crippen LogP contribution in [0.15, 0.2) is 35.2 Å². The predicted octanol–water partition coefficient (Wildman–Crippen LogP) is 5.36. The fraction of sp³-hybridized carbons (Fsp3) is 0.684. The topological polar surface area (TPSA) is 54.0 Å². The van der Waals surface area contributed by atoms with Crippen molar-refractivity contribution in [1.29, 1.82) is 0 Å². The Kier molecular flexibility index (Phi) is 6.87. The van der Waals surface area contributed by atoms with E-state index in [1.54, 1.807) is 11.8 Å². The van der Waals surface area contributed by atoms with Gasteiger partial charge in [-0.15, -0.1) is 0 Å². The molecule has 2 saturated heterocycles. The average molecular weight is 400 g/mol. The van der Waals surface area contributed by atoms with Crippen molar-refractivity contribution < 1.29 is 22.9 Å². The van der Waals surface area contributed by atoms with Crippen LogP contribution in [0.25, 0.3) is 0 Å². The van der Waals surface area contributed by atoms with Crippen LogP contribution in [-0.4, -0.2) is 30.9 Å². The van der Waals surface area contributed by atoms with Crippen molar-refractivity contribution in [3.63, 3.8) is 0 Å². The number of hydrogen-bond acceptors (Lipinski definition) is 6. The Hall–Kier alpha value is -0.360. The molecule has 3 rings (SSSR count). The normalized spacial score (nSPS) is 41.1. The minimum absolute atomic E-state index is 0.153. The summed E-state index contributed by atoms with van der Waals surface area (Å²) >= 11 is 1.61. The van der Waals surface area contributed by atoms with Crippen LogP contribution in [0.1, 0.15) is 34.1 Å². The molecule has 26 heavy (non-hydrogen) atoms. The maximum absolute atomic E-state index is 12.9. The highest BCUT2D eigenvalue weighted by atomic mass is 32.2. The van der Waals surface area contributed by atoms with E-state index in [0.717, 1.165) is 11.3 Å². The molecule has 2 aliphatic heterocycles. The highest BCUT2D eigenvalue weighted by Gasteiger charge is 2.47. The van der Waals surface area contributed by atoms with E-state index in [1.807, 2.05) is 37.3 Å². The van der Waals surface area contributed by atoms with E-state index in [4.69, 9.17) is 18.3 Å². The van der Waals surface area contributed by atoms with Crippen molar-refractivity contribution in [3.8, 4) is 0 Å². The first-order chi connectivity index (χ1) is 12.4. The first-order valence-corrected chi connectivity index (χ1v) is 11.7. The van der Waals surface area contributed by atoms with Gasteiger partial charge >= 0.3 is 7.82 Å². The number of phosphoric ester groups is 1. The molecule has 0 N–H and O–H groups in total. The van der Waals surface area contributed by atoms with Gasteiger partial charge in [0.05, 0.1) is 19.3 Å². The quantitative estimate of drug-likeness (QED) is 0.620. The SMILES string of the molecule is CCC1OC(Sc2ccccc2)C(OP2(=O)OCC(C)CO2)C(C)C1C. The van der Waals surface area contributed by atoms with Crippen molar-refractivity contribution in [3.05, 3.63) is 30.3 Å². The predicted molar refractivity (Wildman–Crippen MR) is 103 cm³/mol. The first-order valence-electron chi connectivity index (χ1n) is 9.36. The minimum atomic E-state index is -3.55. The molecule has 2 fully saturated rings. The molecule has 0 aromatic heterocycles. The maximum Gasteiger partial charge on any atom is 0.475 e. The van der Waals surface area contributed by atoms with E-state index < -0.39 is 7.82 Å². The van der Waals surface area contributed by atoms with Gasteiger partial charge in [-0.05, 0) is 30.4 Å². The molecule has 5 nitrogen and oxygen atoms in total. The second-order valence-electron chi connectivity index (χ2n) is 7.31. The highest BCUT2D eigenvalue weighted by Crippen LogP contribution is 2.56. The van der Waals surface area contributed by atoms with Crippen LogP contribution in [0.4, 0.5) is 0 Å². The molecular weight excluding hydrogens is 371 g/mol. The number of ether oxygens (including phenoxy) is 1. The highest BCUT2D eigenvalue weighted by molar-refractivity contribution is 7.99. The summed E-state index contributed by atoms with van der Waals surface area (Å²) in [6, 6.07) is 10.1. The molecule has 1 aromatic carbocycles. The Morgan fingerprint density at radius 2 is 1.77 bits per heavy atom. The average Bonchev–Trinajstić information content (AvgIpc) is 2.65. The smallest absolute Gasteiger partial charge is 0.361 e. The molecule has 1 aromatic rings. The monoisotopic (exact) mass is 400 g/mol. The summed E-state index contributed by atoms with van der Waals surface area (Å²) in [7, 11) is -3.55. The van der Waals surface area contributed by atoms with Crippen molar-refractivity contribution in [2.75, 3.05) is 13.2 Å². The lowest BCUT2D eigenvalue weighted by molar-refractivity contribution is -0.134. The lowest BCUT2D eigenvalue weighted by Gasteiger charge is -2.45. The van der Waals surface area contributed by atoms with Crippen LogP contribution in [0, 0.1) is 17.8 Å². The number of benzene rings is 1. The van der Waals surface area contributed by atoms with Crippen LogP contribution < -0.4 is 0 Å². The summed E-state index contributed by atoms with van der Waals surface area (Å²) < 4.78 is 36.2. The van der Waals surface area contributed by atoms with Crippen LogP contribution >= 0.6 is 19.6 Å². The number of phosphoric acid groups is 1. The zero-order valence-electron chi connectivity index (χ0n) is 15.9. The number of rotatable bonds is 5. The van der Waals surface area contributed by atoms with E-state index in [0.29, 0.717) is 19.1 Å². The van der Waals surface area contributed by atoms with Gasteiger partial charge in [0.25, 0.3) is 0 Å². The summed E-state index contributed by atoms with van der Waals surface area (Å²) in [5.74, 6) is 0.693. The third-order valence-corrected chi connectivity index (χ3v) is 7.78. The summed E-state index contributed by atoms with van der Waals surface area (Å²) in [5, 5.41) is 0. The van der Waals surface area contributed by atoms with E-state index in [9.17, 15) is 4.57 Å². The van der Waals surface area contributed by atoms with Gasteiger partial charge in [-0.1, -0.05) is 57.7 Å². The molecule has 0 radical (unpaired) electrons. The summed E-state index contributed by atoms with van der Waals surface area (Å²) in [6.45, 7) is 9.22. The largest absolute Gasteiger partial charge is 0.475 e. The van der Waals surface area contributed by atoms with Crippen molar-refractivity contribution in [2.45, 2.75) is 56.7 Å². The molecule has 5 unspecified atom stereocenters. The number of thioether (sulfide) groups is 1. The molecule has 0 saturated carbocycles. The lowest BCUT2D eigenvalue weighted by Crippen LogP contribution is -2.48. The van der Waals surface area contributed by atoms with Crippen LogP contribution in [0.2, 0.25) is 0 Å². The van der Waals surface area contributed by atoms with Crippen molar-refractivity contribution >= 4 is 19.6 Å². The molecule has 0 spiro atoms. The fourth-order valence-corrected chi connectivity index (χ4v) is 6.31. The van der Waals surface area contributed by atoms with E-state index in [2.05, 4.69) is 20.8 Å². The van der Waals surface area contributed by atoms with Crippen LogP contribution in [0.3, 0.4) is 0 Å². The van der Waals surface area contributed by atoms with Crippen LogP contribution in [0.5, 0.6) is 0 Å². The molecule has 0 aliphatic carbocycles. The summed E-state index contributed by atoms with van der Waals surface area (Å²) in [6.07, 6.45) is 0.726. The van der Waals surface area contributed by atoms with Gasteiger partial charge in [-0.2, -0.15) is 0 Å². The van der Waals surface area contributed by atoms with Crippen molar-refractivity contribution in [2.24, 2.45) is 17.8 Å². The summed E-state index contributed by atoms with van der Waals surface area (Å²) in [5.41, 5.74) is -0.258. The van der Waals surface area contributed by atoms with Gasteiger partial charge < -0.3 is 4.74 Å². The molecule has 2 heterocycles. The summed E-state index contributed by atoms with van der Waals surface area (Å²) in [4.78, 5) is 1.10. The van der Waals surface area contributed by atoms with Crippen LogP contribution in [-0.2, 0) is 22.9 Å². The van der Waals surface area contributed by atoms with Gasteiger partial charge in [0, 0.05) is 10.8 Å². The Bertz CT molecular complexity index is 616. The van der Waals surface area contributed by atoms with E-state index >= 15 is 0 Å². The Labute approximate surface area is 160 Å². The standard InChI is InChI=1S/C19H29O5PS/c1-5-17-14(3)15(4)18(24-25(20)21-11-13(2)12-22-25)19(23-17)26-16-9-7-6-8-10-16/h6-10,13-15,17-19H,5,11-12H2,1-4H3. The Morgan fingerprint density at radius 3 is 2.38 bits per heavy atom. The molecule has 5 atom stereocenters. The molecule has 0 amide bonds. The van der Waals surface area contributed by atoms with Gasteiger partial charge in [0.15, 0.2) is 0 Å². The van der Waals surface area contributed by atoms with Gasteiger partial charge in [-0.25, -0.2) is 4.57 Å². The first kappa shape index (κ1) is 20.4. The molecule has 146 valence electrons. The Morgan fingerprint density at radius 1 is 1.12 bits per heavy atom. The van der Waals surface area contributed by atoms with E-state index in [1.165, 1.54) is 0 Å². The Balaban J connectivity index is 1.79.